The van der Waals surface area contributed by atoms with E-state index in [2.05, 4.69) is 10.2 Å². The van der Waals surface area contributed by atoms with Gasteiger partial charge < -0.3 is 15.0 Å². The highest BCUT2D eigenvalue weighted by molar-refractivity contribution is 5.90. The molecule has 0 aliphatic carbocycles. The zero-order valence-corrected chi connectivity index (χ0v) is 10.1. The highest BCUT2D eigenvalue weighted by Crippen LogP contribution is 2.18. The predicted molar refractivity (Wildman–Crippen MR) is 68.4 cm³/mol. The molecule has 0 unspecified atom stereocenters. The first kappa shape index (κ1) is 11.9. The van der Waals surface area contributed by atoms with Gasteiger partial charge in [0, 0.05) is 30.9 Å². The fraction of sp³-hybridized carbons (Fsp3) is 0.462. The predicted octanol–water partition coefficient (Wildman–Crippen LogP) is 1.87. The Morgan fingerprint density at radius 1 is 1.29 bits per heavy atom. The maximum atomic E-state index is 11.2. The molecule has 0 radical (unpaired) electrons. The zero-order chi connectivity index (χ0) is 12.1. The number of carbonyl (C=O) groups is 1. The van der Waals surface area contributed by atoms with Gasteiger partial charge in [0.05, 0.1) is 13.2 Å². The molecule has 1 fully saturated rings. The van der Waals surface area contributed by atoms with Crippen LogP contribution in [-0.4, -0.2) is 32.2 Å². The van der Waals surface area contributed by atoms with Crippen molar-refractivity contribution < 1.29 is 9.53 Å². The number of anilines is 2. The summed E-state index contributed by atoms with van der Waals surface area (Å²) >= 11 is 0. The average Bonchev–Trinajstić information content (AvgIpc) is 2.40. The molecular formula is C13H18N2O2. The number of carbonyl (C=O) groups excluding carboxylic acids is 1. The van der Waals surface area contributed by atoms with E-state index in [1.54, 1.807) is 0 Å². The minimum absolute atomic E-state index is 0.0455. The lowest BCUT2D eigenvalue weighted by Gasteiger charge is -2.28. The summed E-state index contributed by atoms with van der Waals surface area (Å²) in [6.45, 7) is 5.28. The number of amides is 1. The van der Waals surface area contributed by atoms with E-state index in [0.29, 0.717) is 6.42 Å². The van der Waals surface area contributed by atoms with Gasteiger partial charge >= 0.3 is 0 Å². The van der Waals surface area contributed by atoms with Gasteiger partial charge in [0.1, 0.15) is 0 Å². The summed E-state index contributed by atoms with van der Waals surface area (Å²) in [5.41, 5.74) is 2.04. The summed E-state index contributed by atoms with van der Waals surface area (Å²) in [7, 11) is 0. The minimum Gasteiger partial charge on any atom is -0.378 e. The Morgan fingerprint density at radius 2 is 1.94 bits per heavy atom. The van der Waals surface area contributed by atoms with E-state index in [4.69, 9.17) is 4.74 Å². The fourth-order valence-corrected chi connectivity index (χ4v) is 1.83. The Kier molecular flexibility index (Phi) is 3.98. The molecule has 0 atom stereocenters. The van der Waals surface area contributed by atoms with Gasteiger partial charge in [-0.2, -0.15) is 0 Å². The molecule has 1 aliphatic heterocycles. The van der Waals surface area contributed by atoms with Crippen molar-refractivity contribution in [1.29, 1.82) is 0 Å². The topological polar surface area (TPSA) is 41.6 Å². The number of benzene rings is 1. The summed E-state index contributed by atoms with van der Waals surface area (Å²) in [4.78, 5) is 13.5. The molecule has 17 heavy (non-hydrogen) atoms. The number of rotatable bonds is 3. The number of hydrogen-bond acceptors (Lipinski definition) is 3. The first-order chi connectivity index (χ1) is 8.29. The molecule has 2 rings (SSSR count). The second-order valence-corrected chi connectivity index (χ2v) is 4.05. The summed E-state index contributed by atoms with van der Waals surface area (Å²) in [5, 5.41) is 2.84. The molecule has 4 nitrogen and oxygen atoms in total. The van der Waals surface area contributed by atoms with Crippen molar-refractivity contribution in [2.45, 2.75) is 13.3 Å². The van der Waals surface area contributed by atoms with E-state index in [1.165, 1.54) is 5.69 Å². The highest BCUT2D eigenvalue weighted by atomic mass is 16.5. The number of nitrogens with one attached hydrogen (secondary N) is 1. The molecule has 1 amide bonds. The van der Waals surface area contributed by atoms with Gasteiger partial charge in [-0.25, -0.2) is 0 Å². The second kappa shape index (κ2) is 5.68. The third kappa shape index (κ3) is 3.20. The second-order valence-electron chi connectivity index (χ2n) is 4.05. The van der Waals surface area contributed by atoms with Crippen LogP contribution in [0.5, 0.6) is 0 Å². The number of hydrogen-bond donors (Lipinski definition) is 1. The van der Waals surface area contributed by atoms with Crippen LogP contribution in [0.25, 0.3) is 0 Å². The molecule has 1 aromatic rings. The summed E-state index contributed by atoms with van der Waals surface area (Å²) in [5.74, 6) is 0.0455. The van der Waals surface area contributed by atoms with Crippen LogP contribution in [0.1, 0.15) is 13.3 Å². The normalized spacial score (nSPS) is 15.7. The van der Waals surface area contributed by atoms with E-state index >= 15 is 0 Å². The van der Waals surface area contributed by atoms with E-state index < -0.39 is 0 Å². The maximum absolute atomic E-state index is 11.2. The maximum Gasteiger partial charge on any atom is 0.224 e. The van der Waals surface area contributed by atoms with Crippen LogP contribution in [0.4, 0.5) is 11.4 Å². The molecule has 1 N–H and O–H groups in total. The monoisotopic (exact) mass is 234 g/mol. The minimum atomic E-state index is 0.0455. The molecule has 0 bridgehead atoms. The highest BCUT2D eigenvalue weighted by Gasteiger charge is 2.10. The third-order valence-corrected chi connectivity index (χ3v) is 2.85. The van der Waals surface area contributed by atoms with Crippen molar-refractivity contribution in [2.24, 2.45) is 0 Å². The van der Waals surface area contributed by atoms with Crippen LogP contribution >= 0.6 is 0 Å². The van der Waals surface area contributed by atoms with E-state index in [1.807, 2.05) is 31.2 Å². The molecule has 1 heterocycles. The van der Waals surface area contributed by atoms with Crippen LogP contribution < -0.4 is 10.2 Å². The summed E-state index contributed by atoms with van der Waals surface area (Å²) in [6, 6.07) is 7.96. The van der Waals surface area contributed by atoms with Gasteiger partial charge in [-0.1, -0.05) is 6.92 Å². The average molecular weight is 234 g/mol. The Bertz CT molecular complexity index is 370. The Labute approximate surface area is 102 Å². The van der Waals surface area contributed by atoms with Crippen molar-refractivity contribution in [3.05, 3.63) is 24.3 Å². The molecule has 1 aliphatic rings. The van der Waals surface area contributed by atoms with Crippen molar-refractivity contribution in [1.82, 2.24) is 0 Å². The molecule has 0 spiro atoms. The Hall–Kier alpha value is -1.55. The van der Waals surface area contributed by atoms with Gasteiger partial charge in [-0.3, -0.25) is 4.79 Å². The van der Waals surface area contributed by atoms with Gasteiger partial charge in [-0.15, -0.1) is 0 Å². The van der Waals surface area contributed by atoms with E-state index in [-0.39, 0.29) is 5.91 Å². The lowest BCUT2D eigenvalue weighted by Crippen LogP contribution is -2.36. The zero-order valence-electron chi connectivity index (χ0n) is 10.1. The van der Waals surface area contributed by atoms with Crippen LogP contribution in [0, 0.1) is 0 Å². The number of ether oxygens (including phenoxy) is 1. The molecule has 0 aromatic heterocycles. The molecular weight excluding hydrogens is 216 g/mol. The first-order valence-corrected chi connectivity index (χ1v) is 6.02. The molecule has 1 aromatic carbocycles. The molecule has 4 heteroatoms. The standard InChI is InChI=1S/C13H18N2O2/c1-2-13(16)14-11-3-5-12(6-4-11)15-7-9-17-10-8-15/h3-6H,2,7-10H2,1H3,(H,14,16). The quantitative estimate of drug-likeness (QED) is 0.868. The largest absolute Gasteiger partial charge is 0.378 e. The van der Waals surface area contributed by atoms with E-state index in [9.17, 15) is 4.79 Å². The number of nitrogens with zero attached hydrogens (tertiary/aromatic N) is 1. The first-order valence-electron chi connectivity index (χ1n) is 6.02. The molecule has 0 saturated carbocycles. The molecule has 92 valence electrons. The van der Waals surface area contributed by atoms with Crippen LogP contribution in [-0.2, 0) is 9.53 Å². The lowest BCUT2D eigenvalue weighted by molar-refractivity contribution is -0.115. The van der Waals surface area contributed by atoms with Crippen LogP contribution in [0.3, 0.4) is 0 Å². The SMILES string of the molecule is CCC(=O)Nc1ccc(N2CCOCC2)cc1. The van der Waals surface area contributed by atoms with Gasteiger partial charge in [-0.05, 0) is 24.3 Å². The fourth-order valence-electron chi connectivity index (χ4n) is 1.83. The van der Waals surface area contributed by atoms with Crippen LogP contribution in [0.2, 0.25) is 0 Å². The van der Waals surface area contributed by atoms with Crippen LogP contribution in [0.15, 0.2) is 24.3 Å². The lowest BCUT2D eigenvalue weighted by atomic mass is 10.2. The number of morpholine rings is 1. The van der Waals surface area contributed by atoms with Gasteiger partial charge in [0.2, 0.25) is 5.91 Å². The van der Waals surface area contributed by atoms with Crippen molar-refractivity contribution in [2.75, 3.05) is 36.5 Å². The summed E-state index contributed by atoms with van der Waals surface area (Å²) < 4.78 is 5.31. The summed E-state index contributed by atoms with van der Waals surface area (Å²) in [6.07, 6.45) is 0.505. The van der Waals surface area contributed by atoms with Gasteiger partial charge in [0.25, 0.3) is 0 Å². The Balaban J connectivity index is 1.99. The van der Waals surface area contributed by atoms with Gasteiger partial charge in [0.15, 0.2) is 0 Å². The molecule has 1 saturated heterocycles. The van der Waals surface area contributed by atoms with Crippen molar-refractivity contribution in [3.8, 4) is 0 Å². The van der Waals surface area contributed by atoms with E-state index in [0.717, 1.165) is 32.0 Å². The smallest absolute Gasteiger partial charge is 0.224 e. The third-order valence-electron chi connectivity index (χ3n) is 2.85. The Morgan fingerprint density at radius 3 is 2.53 bits per heavy atom. The van der Waals surface area contributed by atoms with Crippen molar-refractivity contribution >= 4 is 17.3 Å². The van der Waals surface area contributed by atoms with Crippen molar-refractivity contribution in [3.63, 3.8) is 0 Å².